The number of benzene rings is 3. The lowest BCUT2D eigenvalue weighted by molar-refractivity contribution is -0.139. The van der Waals surface area contributed by atoms with Crippen LogP contribution in [0.1, 0.15) is 31.9 Å². The number of hydrogen-bond donors (Lipinski definition) is 1. The first-order valence-corrected chi connectivity index (χ1v) is 14.3. The number of methoxy groups -OCH3 is 1. The molecule has 0 aromatic heterocycles. The maximum atomic E-state index is 13.9. The average Bonchev–Trinajstić information content (AvgIpc) is 2.93. The molecule has 0 saturated carbocycles. The van der Waals surface area contributed by atoms with Crippen LogP contribution in [0, 0.1) is 12.8 Å². The summed E-state index contributed by atoms with van der Waals surface area (Å²) in [5.74, 6) is -0.124. The van der Waals surface area contributed by atoms with E-state index < -0.39 is 28.5 Å². The zero-order valence-corrected chi connectivity index (χ0v) is 23.9. The van der Waals surface area contributed by atoms with Gasteiger partial charge in [0, 0.05) is 19.2 Å². The molecule has 0 heterocycles. The Morgan fingerprint density at radius 3 is 2.21 bits per heavy atom. The molecular formula is C30H37N3O5S. The van der Waals surface area contributed by atoms with Gasteiger partial charge in [-0.3, -0.25) is 13.9 Å². The van der Waals surface area contributed by atoms with E-state index in [0.29, 0.717) is 12.3 Å². The monoisotopic (exact) mass is 551 g/mol. The highest BCUT2D eigenvalue weighted by Crippen LogP contribution is 2.28. The molecule has 3 aromatic rings. The molecule has 3 rings (SSSR count). The first-order valence-electron chi connectivity index (χ1n) is 12.9. The highest BCUT2D eigenvalue weighted by atomic mass is 32.2. The molecule has 0 spiro atoms. The van der Waals surface area contributed by atoms with Gasteiger partial charge in [-0.05, 0) is 49.6 Å². The summed E-state index contributed by atoms with van der Waals surface area (Å²) in [5, 5.41) is 2.88. The second-order valence-corrected chi connectivity index (χ2v) is 11.7. The minimum absolute atomic E-state index is 0.0565. The molecule has 1 atom stereocenters. The number of sulfonamides is 1. The van der Waals surface area contributed by atoms with E-state index in [9.17, 15) is 18.0 Å². The van der Waals surface area contributed by atoms with Crippen molar-refractivity contribution in [2.75, 3.05) is 24.5 Å². The van der Waals surface area contributed by atoms with E-state index in [2.05, 4.69) is 5.32 Å². The Kier molecular flexibility index (Phi) is 10.1. The van der Waals surface area contributed by atoms with Crippen molar-refractivity contribution in [2.45, 2.75) is 45.2 Å². The number of rotatable bonds is 12. The molecule has 0 saturated heterocycles. The van der Waals surface area contributed by atoms with Gasteiger partial charge in [0.05, 0.1) is 17.7 Å². The molecule has 0 bridgehead atoms. The molecule has 0 fully saturated rings. The summed E-state index contributed by atoms with van der Waals surface area (Å²) < 4.78 is 34.1. The summed E-state index contributed by atoms with van der Waals surface area (Å²) in [5.41, 5.74) is 2.01. The summed E-state index contributed by atoms with van der Waals surface area (Å²) in [6.07, 6.45) is 0. The smallest absolute Gasteiger partial charge is 0.264 e. The average molecular weight is 552 g/mol. The second-order valence-electron chi connectivity index (χ2n) is 9.85. The Labute approximate surface area is 231 Å². The molecular weight excluding hydrogens is 514 g/mol. The Bertz CT molecular complexity index is 1360. The molecule has 0 aliphatic heterocycles. The largest absolute Gasteiger partial charge is 0.497 e. The number of amides is 2. The predicted molar refractivity (Wildman–Crippen MR) is 153 cm³/mol. The standard InChI is InChI=1S/C30H37N3O5S/c1-22(2)19-31-30(35)24(4)32(20-25-10-7-6-8-11-25)29(34)21-33(26-12-9-13-27(18-26)38-5)39(36,37)28-16-14-23(3)15-17-28/h6-18,22,24H,19-21H2,1-5H3,(H,31,35)/t24-/m0/s1. The number of ether oxygens (including phenoxy) is 1. The molecule has 2 amide bonds. The lowest BCUT2D eigenvalue weighted by atomic mass is 10.1. The number of anilines is 1. The number of carbonyl (C=O) groups excluding carboxylic acids is 2. The van der Waals surface area contributed by atoms with Crippen LogP contribution in [0.25, 0.3) is 0 Å². The van der Waals surface area contributed by atoms with Crippen molar-refractivity contribution in [2.24, 2.45) is 5.92 Å². The fraction of sp³-hybridized carbons (Fsp3) is 0.333. The van der Waals surface area contributed by atoms with E-state index in [4.69, 9.17) is 4.74 Å². The van der Waals surface area contributed by atoms with E-state index in [1.165, 1.54) is 24.1 Å². The van der Waals surface area contributed by atoms with Crippen molar-refractivity contribution in [1.29, 1.82) is 0 Å². The molecule has 208 valence electrons. The molecule has 0 unspecified atom stereocenters. The SMILES string of the molecule is COc1cccc(N(CC(=O)N(Cc2ccccc2)[C@@H](C)C(=O)NCC(C)C)S(=O)(=O)c2ccc(C)cc2)c1. The first kappa shape index (κ1) is 29.7. The number of carbonyl (C=O) groups is 2. The van der Waals surface area contributed by atoms with Gasteiger partial charge in [-0.25, -0.2) is 8.42 Å². The van der Waals surface area contributed by atoms with E-state index in [-0.39, 0.29) is 29.0 Å². The Morgan fingerprint density at radius 1 is 0.923 bits per heavy atom. The molecule has 0 aliphatic carbocycles. The molecule has 9 heteroatoms. The minimum Gasteiger partial charge on any atom is -0.497 e. The maximum absolute atomic E-state index is 13.9. The molecule has 39 heavy (non-hydrogen) atoms. The fourth-order valence-electron chi connectivity index (χ4n) is 3.95. The quantitative estimate of drug-likeness (QED) is 0.360. The van der Waals surface area contributed by atoms with E-state index >= 15 is 0 Å². The van der Waals surface area contributed by atoms with Gasteiger partial charge in [0.25, 0.3) is 10.0 Å². The minimum atomic E-state index is -4.13. The predicted octanol–water partition coefficient (Wildman–Crippen LogP) is 4.39. The number of nitrogens with zero attached hydrogens (tertiary/aromatic N) is 2. The molecule has 1 N–H and O–H groups in total. The van der Waals surface area contributed by atoms with Crippen LogP contribution in [0.3, 0.4) is 0 Å². The lowest BCUT2D eigenvalue weighted by Gasteiger charge is -2.32. The number of hydrogen-bond acceptors (Lipinski definition) is 5. The molecule has 0 aliphatic rings. The van der Waals surface area contributed by atoms with Crippen molar-refractivity contribution in [3.8, 4) is 5.75 Å². The van der Waals surface area contributed by atoms with Crippen LogP contribution in [0.15, 0.2) is 83.8 Å². The van der Waals surface area contributed by atoms with Crippen molar-refractivity contribution in [1.82, 2.24) is 10.2 Å². The van der Waals surface area contributed by atoms with Gasteiger partial charge < -0.3 is 15.0 Å². The van der Waals surface area contributed by atoms with E-state index in [1.807, 2.05) is 51.1 Å². The van der Waals surface area contributed by atoms with Gasteiger partial charge in [-0.2, -0.15) is 0 Å². The summed E-state index contributed by atoms with van der Waals surface area (Å²) in [6, 6.07) is 21.5. The zero-order valence-electron chi connectivity index (χ0n) is 23.1. The van der Waals surface area contributed by atoms with Gasteiger partial charge in [0.1, 0.15) is 18.3 Å². The van der Waals surface area contributed by atoms with Crippen molar-refractivity contribution < 1.29 is 22.7 Å². The van der Waals surface area contributed by atoms with Crippen molar-refractivity contribution >= 4 is 27.5 Å². The van der Waals surface area contributed by atoms with Gasteiger partial charge in [0.15, 0.2) is 0 Å². The summed E-state index contributed by atoms with van der Waals surface area (Å²) in [6.45, 7) is 7.60. The Balaban J connectivity index is 2.02. The third kappa shape index (κ3) is 7.83. The normalized spacial score (nSPS) is 12.1. The van der Waals surface area contributed by atoms with Crippen LogP contribution in [-0.4, -0.2) is 51.4 Å². The first-order chi connectivity index (χ1) is 18.5. The summed E-state index contributed by atoms with van der Waals surface area (Å²) >= 11 is 0. The molecule has 8 nitrogen and oxygen atoms in total. The number of nitrogens with one attached hydrogen (secondary N) is 1. The summed E-state index contributed by atoms with van der Waals surface area (Å²) in [7, 11) is -2.65. The Morgan fingerprint density at radius 2 is 1.59 bits per heavy atom. The van der Waals surface area contributed by atoms with Crippen molar-refractivity contribution in [3.63, 3.8) is 0 Å². The molecule has 3 aromatic carbocycles. The summed E-state index contributed by atoms with van der Waals surface area (Å²) in [4.78, 5) is 28.4. The highest BCUT2D eigenvalue weighted by Gasteiger charge is 2.32. The lowest BCUT2D eigenvalue weighted by Crippen LogP contribution is -2.51. The van der Waals surface area contributed by atoms with Gasteiger partial charge >= 0.3 is 0 Å². The van der Waals surface area contributed by atoms with Gasteiger partial charge in [-0.1, -0.05) is 67.9 Å². The molecule has 0 radical (unpaired) electrons. The van der Waals surface area contributed by atoms with Crippen LogP contribution < -0.4 is 14.4 Å². The van der Waals surface area contributed by atoms with Gasteiger partial charge in [0.2, 0.25) is 11.8 Å². The fourth-order valence-corrected chi connectivity index (χ4v) is 5.35. The third-order valence-electron chi connectivity index (χ3n) is 6.28. The van der Waals surface area contributed by atoms with Crippen LogP contribution in [0.4, 0.5) is 5.69 Å². The van der Waals surface area contributed by atoms with E-state index in [1.54, 1.807) is 43.3 Å². The van der Waals surface area contributed by atoms with E-state index in [0.717, 1.165) is 15.4 Å². The Hall–Kier alpha value is -3.85. The zero-order chi connectivity index (χ0) is 28.6. The van der Waals surface area contributed by atoms with Crippen LogP contribution in [0.2, 0.25) is 0 Å². The number of aryl methyl sites for hydroxylation is 1. The van der Waals surface area contributed by atoms with Crippen molar-refractivity contribution in [3.05, 3.63) is 90.0 Å². The topological polar surface area (TPSA) is 96.0 Å². The van der Waals surface area contributed by atoms with Crippen LogP contribution in [0.5, 0.6) is 5.75 Å². The van der Waals surface area contributed by atoms with Crippen LogP contribution >= 0.6 is 0 Å². The maximum Gasteiger partial charge on any atom is 0.264 e. The third-order valence-corrected chi connectivity index (χ3v) is 8.06. The highest BCUT2D eigenvalue weighted by molar-refractivity contribution is 7.92. The van der Waals surface area contributed by atoms with Crippen LogP contribution in [-0.2, 0) is 26.2 Å². The second kappa shape index (κ2) is 13.3. The van der Waals surface area contributed by atoms with Gasteiger partial charge in [-0.15, -0.1) is 0 Å².